The molecule has 0 spiro atoms. The van der Waals surface area contributed by atoms with Gasteiger partial charge in [-0.05, 0) is 19.4 Å². The Kier molecular flexibility index (Phi) is 3.79. The number of hydrogen-bond acceptors (Lipinski definition) is 6. The highest BCUT2D eigenvalue weighted by molar-refractivity contribution is 4.99. The topological polar surface area (TPSA) is 69.2 Å². The second-order valence-corrected chi connectivity index (χ2v) is 5.20. The lowest BCUT2D eigenvalue weighted by Crippen LogP contribution is -2.43. The van der Waals surface area contributed by atoms with Gasteiger partial charge in [-0.3, -0.25) is 9.58 Å². The Bertz CT molecular complexity index is 516. The van der Waals surface area contributed by atoms with E-state index < -0.39 is 0 Å². The van der Waals surface area contributed by atoms with Crippen molar-refractivity contribution in [3.8, 4) is 0 Å². The van der Waals surface area contributed by atoms with Crippen LogP contribution in [0.4, 0.5) is 0 Å². The maximum atomic E-state index is 5.80. The Morgan fingerprint density at radius 3 is 3.00 bits per heavy atom. The smallest absolute Gasteiger partial charge is 0.240 e. The second kappa shape index (κ2) is 5.72. The Morgan fingerprint density at radius 1 is 1.40 bits per heavy atom. The predicted octanol–water partition coefficient (Wildman–Crippen LogP) is 0.784. The van der Waals surface area contributed by atoms with Crippen molar-refractivity contribution in [3.63, 3.8) is 0 Å². The molecule has 1 atom stereocenters. The van der Waals surface area contributed by atoms with Crippen molar-refractivity contribution < 1.29 is 9.26 Å². The first-order valence-corrected chi connectivity index (χ1v) is 6.81. The minimum atomic E-state index is 0.145. The number of morpholine rings is 1. The van der Waals surface area contributed by atoms with Gasteiger partial charge in [0.15, 0.2) is 5.82 Å². The zero-order valence-electron chi connectivity index (χ0n) is 11.8. The number of nitrogens with zero attached hydrogens (tertiary/aromatic N) is 5. The van der Waals surface area contributed by atoms with Crippen LogP contribution < -0.4 is 0 Å². The van der Waals surface area contributed by atoms with Gasteiger partial charge in [0.25, 0.3) is 0 Å². The highest BCUT2D eigenvalue weighted by Crippen LogP contribution is 2.11. The van der Waals surface area contributed by atoms with E-state index in [1.807, 2.05) is 30.9 Å². The first-order chi connectivity index (χ1) is 9.69. The van der Waals surface area contributed by atoms with Crippen LogP contribution in [0.5, 0.6) is 0 Å². The van der Waals surface area contributed by atoms with Crippen LogP contribution in [0.3, 0.4) is 0 Å². The van der Waals surface area contributed by atoms with Crippen LogP contribution >= 0.6 is 0 Å². The lowest BCUT2D eigenvalue weighted by atomic mass is 10.2. The van der Waals surface area contributed by atoms with E-state index in [0.29, 0.717) is 18.3 Å². The van der Waals surface area contributed by atoms with Gasteiger partial charge < -0.3 is 9.26 Å². The van der Waals surface area contributed by atoms with Crippen LogP contribution in [0.1, 0.15) is 17.3 Å². The number of aryl methyl sites for hydroxylation is 2. The number of hydrogen-bond donors (Lipinski definition) is 0. The quantitative estimate of drug-likeness (QED) is 0.822. The van der Waals surface area contributed by atoms with Crippen LogP contribution in [0, 0.1) is 13.8 Å². The SMILES string of the molecule is Cc1cnn(C[C@H]2CN(Cc3nc(C)no3)CCO2)c1. The Hall–Kier alpha value is -1.73. The van der Waals surface area contributed by atoms with E-state index in [9.17, 15) is 0 Å². The highest BCUT2D eigenvalue weighted by atomic mass is 16.5. The van der Waals surface area contributed by atoms with Gasteiger partial charge >= 0.3 is 0 Å². The van der Waals surface area contributed by atoms with E-state index in [0.717, 1.165) is 26.2 Å². The van der Waals surface area contributed by atoms with Crippen molar-refractivity contribution in [2.24, 2.45) is 0 Å². The number of rotatable bonds is 4. The van der Waals surface area contributed by atoms with E-state index in [1.54, 1.807) is 0 Å². The molecule has 0 radical (unpaired) electrons. The fourth-order valence-corrected chi connectivity index (χ4v) is 2.41. The van der Waals surface area contributed by atoms with E-state index in [4.69, 9.17) is 9.26 Å². The molecule has 0 aliphatic carbocycles. The van der Waals surface area contributed by atoms with Crippen molar-refractivity contribution in [2.75, 3.05) is 19.7 Å². The summed E-state index contributed by atoms with van der Waals surface area (Å²) in [6.07, 6.45) is 4.04. The minimum absolute atomic E-state index is 0.145. The van der Waals surface area contributed by atoms with Crippen molar-refractivity contribution in [1.82, 2.24) is 24.8 Å². The second-order valence-electron chi connectivity index (χ2n) is 5.20. The molecule has 2 aromatic rings. The first-order valence-electron chi connectivity index (χ1n) is 6.81. The largest absolute Gasteiger partial charge is 0.374 e. The molecular weight excluding hydrogens is 258 g/mol. The minimum Gasteiger partial charge on any atom is -0.374 e. The third-order valence-corrected chi connectivity index (χ3v) is 3.30. The Labute approximate surface area is 117 Å². The molecule has 0 aromatic carbocycles. The molecule has 0 unspecified atom stereocenters. The van der Waals surface area contributed by atoms with Crippen LogP contribution in [0.15, 0.2) is 16.9 Å². The third kappa shape index (κ3) is 3.23. The van der Waals surface area contributed by atoms with Crippen LogP contribution in [0.25, 0.3) is 0 Å². The molecule has 0 N–H and O–H groups in total. The van der Waals surface area contributed by atoms with Crippen LogP contribution in [0.2, 0.25) is 0 Å². The lowest BCUT2D eigenvalue weighted by molar-refractivity contribution is -0.0426. The number of aromatic nitrogens is 4. The monoisotopic (exact) mass is 277 g/mol. The summed E-state index contributed by atoms with van der Waals surface area (Å²) in [6.45, 7) is 7.77. The van der Waals surface area contributed by atoms with Gasteiger partial charge in [0.1, 0.15) is 0 Å². The summed E-state index contributed by atoms with van der Waals surface area (Å²) in [6, 6.07) is 0. The van der Waals surface area contributed by atoms with Crippen molar-refractivity contribution in [2.45, 2.75) is 33.0 Å². The molecule has 0 bridgehead atoms. The molecule has 20 heavy (non-hydrogen) atoms. The van der Waals surface area contributed by atoms with Crippen LogP contribution in [-0.2, 0) is 17.8 Å². The Balaban J connectivity index is 1.56. The van der Waals surface area contributed by atoms with Gasteiger partial charge in [-0.1, -0.05) is 5.16 Å². The van der Waals surface area contributed by atoms with Gasteiger partial charge in [-0.25, -0.2) is 0 Å². The molecule has 3 heterocycles. The zero-order chi connectivity index (χ0) is 13.9. The molecule has 1 fully saturated rings. The van der Waals surface area contributed by atoms with Crippen LogP contribution in [-0.4, -0.2) is 50.6 Å². The molecule has 3 rings (SSSR count). The molecule has 2 aromatic heterocycles. The van der Waals surface area contributed by atoms with Gasteiger partial charge in [-0.2, -0.15) is 10.1 Å². The fraction of sp³-hybridized carbons (Fsp3) is 0.615. The summed E-state index contributed by atoms with van der Waals surface area (Å²) >= 11 is 0. The van der Waals surface area contributed by atoms with Crippen molar-refractivity contribution in [1.29, 1.82) is 0 Å². The normalized spacial score (nSPS) is 20.4. The molecule has 108 valence electrons. The van der Waals surface area contributed by atoms with E-state index in [-0.39, 0.29) is 6.10 Å². The molecular formula is C13H19N5O2. The summed E-state index contributed by atoms with van der Waals surface area (Å²) in [5.41, 5.74) is 1.17. The average Bonchev–Trinajstić information content (AvgIpc) is 2.99. The van der Waals surface area contributed by atoms with Gasteiger partial charge in [0, 0.05) is 19.3 Å². The molecule has 1 saturated heterocycles. The first kappa shape index (κ1) is 13.3. The van der Waals surface area contributed by atoms with E-state index in [1.165, 1.54) is 5.56 Å². The van der Waals surface area contributed by atoms with E-state index >= 15 is 0 Å². The maximum absolute atomic E-state index is 5.80. The average molecular weight is 277 g/mol. The number of ether oxygens (including phenoxy) is 1. The molecule has 7 heteroatoms. The standard InChI is InChI=1S/C13H19N5O2/c1-10-5-14-18(6-10)8-12-7-17(3-4-19-12)9-13-15-11(2)16-20-13/h5-6,12H,3-4,7-9H2,1-2H3/t12-/m1/s1. The Morgan fingerprint density at radius 2 is 2.30 bits per heavy atom. The van der Waals surface area contributed by atoms with Gasteiger partial charge in [-0.15, -0.1) is 0 Å². The maximum Gasteiger partial charge on any atom is 0.240 e. The van der Waals surface area contributed by atoms with Gasteiger partial charge in [0.05, 0.1) is 32.0 Å². The lowest BCUT2D eigenvalue weighted by Gasteiger charge is -2.31. The third-order valence-electron chi connectivity index (χ3n) is 3.30. The molecule has 0 saturated carbocycles. The summed E-state index contributed by atoms with van der Waals surface area (Å²) < 4.78 is 12.9. The summed E-state index contributed by atoms with van der Waals surface area (Å²) in [4.78, 5) is 6.51. The van der Waals surface area contributed by atoms with E-state index in [2.05, 4.69) is 20.1 Å². The molecule has 1 aliphatic rings. The van der Waals surface area contributed by atoms with Crippen molar-refractivity contribution in [3.05, 3.63) is 29.7 Å². The predicted molar refractivity (Wildman–Crippen MR) is 71.0 cm³/mol. The summed E-state index contributed by atoms with van der Waals surface area (Å²) in [5.74, 6) is 1.34. The summed E-state index contributed by atoms with van der Waals surface area (Å²) in [5, 5.41) is 8.11. The zero-order valence-corrected chi connectivity index (χ0v) is 11.8. The van der Waals surface area contributed by atoms with Crippen molar-refractivity contribution >= 4 is 0 Å². The molecule has 1 aliphatic heterocycles. The molecule has 0 amide bonds. The molecule has 7 nitrogen and oxygen atoms in total. The fourth-order valence-electron chi connectivity index (χ4n) is 2.41. The van der Waals surface area contributed by atoms with Gasteiger partial charge in [0.2, 0.25) is 5.89 Å². The highest BCUT2D eigenvalue weighted by Gasteiger charge is 2.22. The summed E-state index contributed by atoms with van der Waals surface area (Å²) in [7, 11) is 0.